The fourth-order valence-electron chi connectivity index (χ4n) is 2.82. The summed E-state index contributed by atoms with van der Waals surface area (Å²) >= 11 is 0. The highest BCUT2D eigenvalue weighted by molar-refractivity contribution is 5.92. The molecule has 104 valence electrons. The molecule has 1 saturated heterocycles. The van der Waals surface area contributed by atoms with Crippen LogP contribution in [-0.4, -0.2) is 27.1 Å². The minimum atomic E-state index is 0.0358. The standard InChI is InChI=1S/C16H19N3O/c1-12-5-7-13(8-6-12)15-4-3-10-19(15)16(20)14-9-11-18(2)17-14/h5-9,11,15H,3-4,10H2,1-2H3/t15-/m0/s1. The summed E-state index contributed by atoms with van der Waals surface area (Å²) < 4.78 is 1.67. The first-order chi connectivity index (χ1) is 9.65. The van der Waals surface area contributed by atoms with Gasteiger partial charge in [-0.25, -0.2) is 0 Å². The Morgan fingerprint density at radius 3 is 2.65 bits per heavy atom. The number of aryl methyl sites for hydroxylation is 2. The number of aromatic nitrogens is 2. The lowest BCUT2D eigenvalue weighted by Gasteiger charge is -2.24. The van der Waals surface area contributed by atoms with Crippen LogP contribution in [0.25, 0.3) is 0 Å². The molecule has 1 fully saturated rings. The largest absolute Gasteiger partial charge is 0.330 e. The van der Waals surface area contributed by atoms with Crippen molar-refractivity contribution in [3.63, 3.8) is 0 Å². The first kappa shape index (κ1) is 12.9. The van der Waals surface area contributed by atoms with Crippen molar-refractivity contribution in [2.75, 3.05) is 6.54 Å². The van der Waals surface area contributed by atoms with Gasteiger partial charge in [-0.3, -0.25) is 9.48 Å². The lowest BCUT2D eigenvalue weighted by molar-refractivity contribution is 0.0729. The maximum atomic E-state index is 12.6. The summed E-state index contributed by atoms with van der Waals surface area (Å²) in [6, 6.07) is 10.4. The second-order valence-corrected chi connectivity index (χ2v) is 5.44. The van der Waals surface area contributed by atoms with Gasteiger partial charge in [0.1, 0.15) is 5.69 Å². The van der Waals surface area contributed by atoms with E-state index in [1.54, 1.807) is 10.7 Å². The molecule has 0 radical (unpaired) electrons. The minimum Gasteiger partial charge on any atom is -0.330 e. The van der Waals surface area contributed by atoms with Crippen LogP contribution in [0.15, 0.2) is 36.5 Å². The van der Waals surface area contributed by atoms with Gasteiger partial charge in [-0.15, -0.1) is 0 Å². The SMILES string of the molecule is Cc1ccc([C@@H]2CCCN2C(=O)c2ccn(C)n2)cc1. The smallest absolute Gasteiger partial charge is 0.274 e. The number of carbonyl (C=O) groups is 1. The average Bonchev–Trinajstić information content (AvgIpc) is 3.07. The van der Waals surface area contributed by atoms with Crippen LogP contribution < -0.4 is 0 Å². The first-order valence-corrected chi connectivity index (χ1v) is 7.02. The summed E-state index contributed by atoms with van der Waals surface area (Å²) in [5.41, 5.74) is 3.00. The molecule has 4 heteroatoms. The zero-order chi connectivity index (χ0) is 14.1. The van der Waals surface area contributed by atoms with Gasteiger partial charge >= 0.3 is 0 Å². The second kappa shape index (κ2) is 5.12. The van der Waals surface area contributed by atoms with E-state index < -0.39 is 0 Å². The molecule has 1 aromatic heterocycles. The van der Waals surface area contributed by atoms with Gasteiger partial charge in [-0.1, -0.05) is 29.8 Å². The zero-order valence-electron chi connectivity index (χ0n) is 11.9. The maximum absolute atomic E-state index is 12.6. The number of likely N-dealkylation sites (tertiary alicyclic amines) is 1. The Balaban J connectivity index is 1.85. The summed E-state index contributed by atoms with van der Waals surface area (Å²) in [6.45, 7) is 2.89. The quantitative estimate of drug-likeness (QED) is 0.840. The summed E-state index contributed by atoms with van der Waals surface area (Å²) in [5.74, 6) is 0.0358. The van der Waals surface area contributed by atoms with E-state index in [-0.39, 0.29) is 11.9 Å². The molecule has 1 atom stereocenters. The van der Waals surface area contributed by atoms with Crippen LogP contribution in [0, 0.1) is 6.92 Å². The summed E-state index contributed by atoms with van der Waals surface area (Å²) in [7, 11) is 1.83. The molecule has 0 N–H and O–H groups in total. The molecule has 0 bridgehead atoms. The van der Waals surface area contributed by atoms with Crippen LogP contribution in [0.1, 0.15) is 40.5 Å². The topological polar surface area (TPSA) is 38.1 Å². The maximum Gasteiger partial charge on any atom is 0.274 e. The number of hydrogen-bond acceptors (Lipinski definition) is 2. The monoisotopic (exact) mass is 269 g/mol. The van der Waals surface area contributed by atoms with Crippen LogP contribution in [0.2, 0.25) is 0 Å². The average molecular weight is 269 g/mol. The molecular weight excluding hydrogens is 250 g/mol. The Bertz CT molecular complexity index is 615. The van der Waals surface area contributed by atoms with Crippen LogP contribution in [0.5, 0.6) is 0 Å². The number of benzene rings is 1. The second-order valence-electron chi connectivity index (χ2n) is 5.44. The van der Waals surface area contributed by atoms with Gasteiger partial charge in [0.15, 0.2) is 0 Å². The normalized spacial score (nSPS) is 18.5. The molecule has 4 nitrogen and oxygen atoms in total. The Morgan fingerprint density at radius 2 is 2.00 bits per heavy atom. The van der Waals surface area contributed by atoms with Crippen molar-refractivity contribution in [3.8, 4) is 0 Å². The molecule has 1 aliphatic rings. The molecule has 1 amide bonds. The summed E-state index contributed by atoms with van der Waals surface area (Å²) in [5, 5.41) is 4.22. The predicted octanol–water partition coefficient (Wildman–Crippen LogP) is 2.71. The molecule has 0 aliphatic carbocycles. The first-order valence-electron chi connectivity index (χ1n) is 7.02. The number of hydrogen-bond donors (Lipinski definition) is 0. The minimum absolute atomic E-state index is 0.0358. The van der Waals surface area contributed by atoms with E-state index >= 15 is 0 Å². The van der Waals surface area contributed by atoms with E-state index in [4.69, 9.17) is 0 Å². The molecule has 20 heavy (non-hydrogen) atoms. The molecular formula is C16H19N3O. The fraction of sp³-hybridized carbons (Fsp3) is 0.375. The van der Waals surface area contributed by atoms with Crippen molar-refractivity contribution >= 4 is 5.91 Å². The van der Waals surface area contributed by atoms with Crippen molar-refractivity contribution < 1.29 is 4.79 Å². The number of carbonyl (C=O) groups excluding carboxylic acids is 1. The molecule has 2 heterocycles. The number of rotatable bonds is 2. The Hall–Kier alpha value is -2.10. The van der Waals surface area contributed by atoms with Gasteiger partial charge in [-0.2, -0.15) is 5.10 Å². The van der Waals surface area contributed by atoms with Crippen LogP contribution >= 0.6 is 0 Å². The lowest BCUT2D eigenvalue weighted by atomic mass is 10.0. The van der Waals surface area contributed by atoms with Gasteiger partial charge in [0, 0.05) is 19.8 Å². The third kappa shape index (κ3) is 2.33. The molecule has 0 spiro atoms. The molecule has 1 aromatic carbocycles. The van der Waals surface area contributed by atoms with Gasteiger partial charge in [0.25, 0.3) is 5.91 Å². The van der Waals surface area contributed by atoms with E-state index in [2.05, 4.69) is 36.3 Å². The molecule has 1 aliphatic heterocycles. The Morgan fingerprint density at radius 1 is 1.25 bits per heavy atom. The Labute approximate surface area is 119 Å². The van der Waals surface area contributed by atoms with Gasteiger partial charge < -0.3 is 4.90 Å². The van der Waals surface area contributed by atoms with Crippen molar-refractivity contribution in [3.05, 3.63) is 53.3 Å². The van der Waals surface area contributed by atoms with Crippen molar-refractivity contribution in [2.45, 2.75) is 25.8 Å². The molecule has 0 unspecified atom stereocenters. The van der Waals surface area contributed by atoms with Gasteiger partial charge in [-0.05, 0) is 31.4 Å². The van der Waals surface area contributed by atoms with Crippen molar-refractivity contribution in [2.24, 2.45) is 7.05 Å². The van der Waals surface area contributed by atoms with Crippen molar-refractivity contribution in [1.82, 2.24) is 14.7 Å². The van der Waals surface area contributed by atoms with E-state index in [9.17, 15) is 4.79 Å². The highest BCUT2D eigenvalue weighted by Gasteiger charge is 2.31. The molecule has 2 aromatic rings. The summed E-state index contributed by atoms with van der Waals surface area (Å²) in [6.07, 6.45) is 3.89. The highest BCUT2D eigenvalue weighted by Crippen LogP contribution is 2.32. The van der Waals surface area contributed by atoms with Gasteiger partial charge in [0.2, 0.25) is 0 Å². The van der Waals surface area contributed by atoms with E-state index in [0.717, 1.165) is 19.4 Å². The van der Waals surface area contributed by atoms with E-state index in [1.165, 1.54) is 11.1 Å². The van der Waals surface area contributed by atoms with Crippen LogP contribution in [0.4, 0.5) is 0 Å². The summed E-state index contributed by atoms with van der Waals surface area (Å²) in [4.78, 5) is 14.5. The van der Waals surface area contributed by atoms with E-state index in [0.29, 0.717) is 5.69 Å². The highest BCUT2D eigenvalue weighted by atomic mass is 16.2. The van der Waals surface area contributed by atoms with Crippen molar-refractivity contribution in [1.29, 1.82) is 0 Å². The number of nitrogens with zero attached hydrogens (tertiary/aromatic N) is 3. The molecule has 3 rings (SSSR count). The van der Waals surface area contributed by atoms with Crippen LogP contribution in [0.3, 0.4) is 0 Å². The third-order valence-corrected chi connectivity index (χ3v) is 3.91. The Kier molecular flexibility index (Phi) is 3.30. The number of amides is 1. The fourth-order valence-corrected chi connectivity index (χ4v) is 2.82. The lowest BCUT2D eigenvalue weighted by Crippen LogP contribution is -2.31. The third-order valence-electron chi connectivity index (χ3n) is 3.91. The molecule has 0 saturated carbocycles. The van der Waals surface area contributed by atoms with E-state index in [1.807, 2.05) is 18.1 Å². The predicted molar refractivity (Wildman–Crippen MR) is 77.4 cm³/mol. The zero-order valence-corrected chi connectivity index (χ0v) is 11.9. The van der Waals surface area contributed by atoms with Crippen LogP contribution in [-0.2, 0) is 7.05 Å². The van der Waals surface area contributed by atoms with Gasteiger partial charge in [0.05, 0.1) is 6.04 Å².